The van der Waals surface area contributed by atoms with Crippen molar-refractivity contribution in [3.05, 3.63) is 0 Å². The van der Waals surface area contributed by atoms with Crippen molar-refractivity contribution in [3.8, 4) is 0 Å². The predicted octanol–water partition coefficient (Wildman–Crippen LogP) is 4.25. The molecule has 0 amide bonds. The van der Waals surface area contributed by atoms with Gasteiger partial charge >= 0.3 is 0 Å². The Labute approximate surface area is 95.8 Å². The van der Waals surface area contributed by atoms with Gasteiger partial charge in [-0.05, 0) is 25.2 Å². The van der Waals surface area contributed by atoms with Crippen molar-refractivity contribution in [2.75, 3.05) is 0 Å². The monoisotopic (exact) mass is 211 g/mol. The van der Waals surface area contributed by atoms with Crippen molar-refractivity contribution < 1.29 is 0 Å². The lowest BCUT2D eigenvalue weighted by atomic mass is 9.98. The van der Waals surface area contributed by atoms with Gasteiger partial charge in [-0.15, -0.1) is 0 Å². The van der Waals surface area contributed by atoms with E-state index in [1.165, 1.54) is 70.6 Å². The largest absolute Gasteiger partial charge is 0.328 e. The first kappa shape index (κ1) is 13.0. The highest BCUT2D eigenvalue weighted by Crippen LogP contribution is 2.28. The van der Waals surface area contributed by atoms with Gasteiger partial charge in [0.25, 0.3) is 0 Å². The SMILES string of the molecule is CCCCCCCCCC1CCC(N)C1. The summed E-state index contributed by atoms with van der Waals surface area (Å²) in [6, 6.07) is 0.527. The van der Waals surface area contributed by atoms with Gasteiger partial charge in [-0.1, -0.05) is 58.3 Å². The molecule has 0 aromatic rings. The van der Waals surface area contributed by atoms with Crippen molar-refractivity contribution in [1.29, 1.82) is 0 Å². The highest BCUT2D eigenvalue weighted by molar-refractivity contribution is 4.77. The quantitative estimate of drug-likeness (QED) is 0.597. The second-order valence-corrected chi connectivity index (χ2v) is 5.35. The van der Waals surface area contributed by atoms with Crippen LogP contribution in [0.15, 0.2) is 0 Å². The molecule has 2 N–H and O–H groups in total. The van der Waals surface area contributed by atoms with E-state index < -0.39 is 0 Å². The van der Waals surface area contributed by atoms with Gasteiger partial charge in [0.15, 0.2) is 0 Å². The first-order chi connectivity index (χ1) is 7.33. The summed E-state index contributed by atoms with van der Waals surface area (Å²) in [5.74, 6) is 0.968. The fourth-order valence-corrected chi connectivity index (χ4v) is 2.77. The summed E-state index contributed by atoms with van der Waals surface area (Å²) >= 11 is 0. The Balaban J connectivity index is 1.81. The van der Waals surface area contributed by atoms with Gasteiger partial charge in [0.1, 0.15) is 0 Å². The molecule has 0 bridgehead atoms. The maximum Gasteiger partial charge on any atom is 0.00415 e. The number of hydrogen-bond donors (Lipinski definition) is 1. The molecule has 0 heterocycles. The van der Waals surface area contributed by atoms with Gasteiger partial charge in [-0.3, -0.25) is 0 Å². The first-order valence-electron chi connectivity index (χ1n) is 7.08. The Morgan fingerprint density at radius 3 is 2.20 bits per heavy atom. The van der Waals surface area contributed by atoms with E-state index in [1.807, 2.05) is 0 Å². The van der Waals surface area contributed by atoms with Crippen LogP contribution in [0.5, 0.6) is 0 Å². The second-order valence-electron chi connectivity index (χ2n) is 5.35. The van der Waals surface area contributed by atoms with Crippen molar-refractivity contribution in [3.63, 3.8) is 0 Å². The Kier molecular flexibility index (Phi) is 7.08. The summed E-state index contributed by atoms with van der Waals surface area (Å²) in [5, 5.41) is 0. The summed E-state index contributed by atoms with van der Waals surface area (Å²) < 4.78 is 0. The first-order valence-corrected chi connectivity index (χ1v) is 7.08. The van der Waals surface area contributed by atoms with E-state index in [-0.39, 0.29) is 0 Å². The third-order valence-corrected chi connectivity index (χ3v) is 3.80. The molecule has 1 rings (SSSR count). The lowest BCUT2D eigenvalue weighted by molar-refractivity contribution is 0.456. The normalized spacial score (nSPS) is 26.0. The number of hydrogen-bond acceptors (Lipinski definition) is 1. The number of rotatable bonds is 8. The Bertz CT molecular complexity index is 144. The molecule has 1 heteroatoms. The molecule has 0 aliphatic heterocycles. The second kappa shape index (κ2) is 8.15. The summed E-state index contributed by atoms with van der Waals surface area (Å²) in [5.41, 5.74) is 5.91. The third-order valence-electron chi connectivity index (χ3n) is 3.80. The molecule has 2 unspecified atom stereocenters. The van der Waals surface area contributed by atoms with Crippen LogP contribution in [0.25, 0.3) is 0 Å². The molecule has 15 heavy (non-hydrogen) atoms. The minimum atomic E-state index is 0.527. The molecule has 2 atom stereocenters. The van der Waals surface area contributed by atoms with Gasteiger partial charge in [-0.25, -0.2) is 0 Å². The molecule has 1 aliphatic carbocycles. The maximum absolute atomic E-state index is 5.91. The van der Waals surface area contributed by atoms with E-state index in [4.69, 9.17) is 5.73 Å². The van der Waals surface area contributed by atoms with Gasteiger partial charge in [0.2, 0.25) is 0 Å². The summed E-state index contributed by atoms with van der Waals surface area (Å²) in [6.07, 6.45) is 15.5. The van der Waals surface area contributed by atoms with E-state index in [9.17, 15) is 0 Å². The van der Waals surface area contributed by atoms with Crippen LogP contribution in [-0.4, -0.2) is 6.04 Å². The fourth-order valence-electron chi connectivity index (χ4n) is 2.77. The van der Waals surface area contributed by atoms with Gasteiger partial charge in [0, 0.05) is 6.04 Å². The van der Waals surface area contributed by atoms with Crippen LogP contribution >= 0.6 is 0 Å². The van der Waals surface area contributed by atoms with Gasteiger partial charge in [-0.2, -0.15) is 0 Å². The summed E-state index contributed by atoms with van der Waals surface area (Å²) in [6.45, 7) is 2.28. The highest BCUT2D eigenvalue weighted by atomic mass is 14.6. The average Bonchev–Trinajstić information content (AvgIpc) is 2.63. The maximum atomic E-state index is 5.91. The van der Waals surface area contributed by atoms with Crippen molar-refractivity contribution in [2.45, 2.75) is 83.6 Å². The lowest BCUT2D eigenvalue weighted by Gasteiger charge is -2.08. The highest BCUT2D eigenvalue weighted by Gasteiger charge is 2.20. The van der Waals surface area contributed by atoms with Crippen LogP contribution in [-0.2, 0) is 0 Å². The van der Waals surface area contributed by atoms with Crippen LogP contribution in [0.1, 0.15) is 77.6 Å². The smallest absolute Gasteiger partial charge is 0.00415 e. The van der Waals surface area contributed by atoms with Crippen LogP contribution in [0, 0.1) is 5.92 Å². The van der Waals surface area contributed by atoms with Crippen molar-refractivity contribution in [1.82, 2.24) is 0 Å². The molecular weight excluding hydrogens is 182 g/mol. The standard InChI is InChI=1S/C14H29N/c1-2-3-4-5-6-7-8-9-13-10-11-14(15)12-13/h13-14H,2-12,15H2,1H3. The van der Waals surface area contributed by atoms with Gasteiger partial charge < -0.3 is 5.73 Å². The minimum Gasteiger partial charge on any atom is -0.328 e. The topological polar surface area (TPSA) is 26.0 Å². The fraction of sp³-hybridized carbons (Fsp3) is 1.00. The van der Waals surface area contributed by atoms with Crippen molar-refractivity contribution >= 4 is 0 Å². The Morgan fingerprint density at radius 2 is 1.60 bits per heavy atom. The molecule has 0 saturated heterocycles. The van der Waals surface area contributed by atoms with Crippen LogP contribution in [0.2, 0.25) is 0 Å². The van der Waals surface area contributed by atoms with Gasteiger partial charge in [0.05, 0.1) is 0 Å². The van der Waals surface area contributed by atoms with E-state index in [0.717, 1.165) is 5.92 Å². The Morgan fingerprint density at radius 1 is 0.933 bits per heavy atom. The van der Waals surface area contributed by atoms with Crippen molar-refractivity contribution in [2.24, 2.45) is 11.7 Å². The zero-order valence-electron chi connectivity index (χ0n) is 10.5. The number of nitrogens with two attached hydrogens (primary N) is 1. The molecule has 0 aromatic carbocycles. The molecule has 1 fully saturated rings. The minimum absolute atomic E-state index is 0.527. The van der Waals surface area contributed by atoms with Crippen LogP contribution in [0.3, 0.4) is 0 Å². The molecule has 1 saturated carbocycles. The zero-order chi connectivity index (χ0) is 10.9. The Hall–Kier alpha value is -0.0400. The summed E-state index contributed by atoms with van der Waals surface area (Å²) in [7, 11) is 0. The van der Waals surface area contributed by atoms with E-state index in [0.29, 0.717) is 6.04 Å². The van der Waals surface area contributed by atoms with E-state index >= 15 is 0 Å². The molecular formula is C14H29N. The molecule has 1 aliphatic rings. The molecule has 0 aromatic heterocycles. The lowest BCUT2D eigenvalue weighted by Crippen LogP contribution is -2.14. The van der Waals surface area contributed by atoms with Crippen LogP contribution in [0.4, 0.5) is 0 Å². The zero-order valence-corrected chi connectivity index (χ0v) is 10.5. The molecule has 0 radical (unpaired) electrons. The molecule has 1 nitrogen and oxygen atoms in total. The predicted molar refractivity (Wildman–Crippen MR) is 67.9 cm³/mol. The average molecular weight is 211 g/mol. The molecule has 0 spiro atoms. The van der Waals surface area contributed by atoms with Crippen LogP contribution < -0.4 is 5.73 Å². The number of unbranched alkanes of at least 4 members (excludes halogenated alkanes) is 6. The van der Waals surface area contributed by atoms with E-state index in [1.54, 1.807) is 0 Å². The third kappa shape index (κ3) is 6.19. The van der Waals surface area contributed by atoms with E-state index in [2.05, 4.69) is 6.92 Å². The summed E-state index contributed by atoms with van der Waals surface area (Å²) in [4.78, 5) is 0. The molecule has 90 valence electrons.